The van der Waals surface area contributed by atoms with Gasteiger partial charge in [-0.3, -0.25) is 24.3 Å². The van der Waals surface area contributed by atoms with Crippen molar-refractivity contribution in [3.05, 3.63) is 95.9 Å². The third-order valence-corrected chi connectivity index (χ3v) is 9.17. The highest BCUT2D eigenvalue weighted by Gasteiger charge is 2.31. The molecule has 0 fully saturated rings. The van der Waals surface area contributed by atoms with E-state index in [1.807, 2.05) is 23.7 Å². The SMILES string of the molecule is Cn1c(Cc2ccc(C(=N)N)cc2)nc2cc(N(CC(=O)NC(CC(N)=O)C(=O)O)S(=O)(=O)c3cccc4cccnc34)ccc21. The summed E-state index contributed by atoms with van der Waals surface area (Å²) >= 11 is 0. The number of fused-ring (bicyclic) bond motifs is 2. The number of carbonyl (C=O) groups is 3. The lowest BCUT2D eigenvalue weighted by atomic mass is 10.1. The van der Waals surface area contributed by atoms with Crippen LogP contribution in [-0.4, -0.2) is 64.3 Å². The quantitative estimate of drug-likeness (QED) is 0.0983. The number of pyridine rings is 1. The highest BCUT2D eigenvalue weighted by Crippen LogP contribution is 2.30. The van der Waals surface area contributed by atoms with E-state index in [1.54, 1.807) is 42.5 Å². The van der Waals surface area contributed by atoms with E-state index < -0.39 is 46.8 Å². The Balaban J connectivity index is 1.55. The number of sulfonamides is 1. The number of nitrogens with one attached hydrogen (secondary N) is 2. The van der Waals surface area contributed by atoms with Crippen LogP contribution in [0.2, 0.25) is 0 Å². The molecule has 0 saturated carbocycles. The number of amidine groups is 1. The van der Waals surface area contributed by atoms with E-state index >= 15 is 0 Å². The Morgan fingerprint density at radius 1 is 1.04 bits per heavy atom. The number of nitrogens with zero attached hydrogens (tertiary/aromatic N) is 4. The van der Waals surface area contributed by atoms with Crippen LogP contribution in [0.5, 0.6) is 0 Å². The summed E-state index contributed by atoms with van der Waals surface area (Å²) in [4.78, 5) is 45.0. The normalized spacial score (nSPS) is 12.1. The molecule has 1 atom stereocenters. The van der Waals surface area contributed by atoms with Gasteiger partial charge in [-0.1, -0.05) is 42.5 Å². The maximum atomic E-state index is 14.3. The van der Waals surface area contributed by atoms with E-state index in [0.717, 1.165) is 9.87 Å². The fourth-order valence-corrected chi connectivity index (χ4v) is 6.61. The molecule has 0 saturated heterocycles. The molecule has 0 aliphatic rings. The molecular formula is C31H30N8O6S. The van der Waals surface area contributed by atoms with Gasteiger partial charge in [0.05, 0.1) is 28.7 Å². The largest absolute Gasteiger partial charge is 0.480 e. The minimum atomic E-state index is -4.48. The molecule has 14 nitrogen and oxygen atoms in total. The Labute approximate surface area is 263 Å². The van der Waals surface area contributed by atoms with Gasteiger partial charge in [0.25, 0.3) is 10.0 Å². The summed E-state index contributed by atoms with van der Waals surface area (Å²) in [5, 5.41) is 19.8. The maximum absolute atomic E-state index is 14.3. The summed E-state index contributed by atoms with van der Waals surface area (Å²) < 4.78 is 31.3. The minimum absolute atomic E-state index is 0.0411. The van der Waals surface area contributed by atoms with Crippen molar-refractivity contribution in [3.63, 3.8) is 0 Å². The predicted octanol–water partition coefficient (Wildman–Crippen LogP) is 1.64. The second kappa shape index (κ2) is 12.6. The molecule has 0 radical (unpaired) electrons. The van der Waals surface area contributed by atoms with Crippen LogP contribution in [-0.2, 0) is 37.9 Å². The lowest BCUT2D eigenvalue weighted by molar-refractivity contribution is -0.143. The number of primary amides is 1. The number of hydrogen-bond acceptors (Lipinski definition) is 8. The van der Waals surface area contributed by atoms with E-state index in [0.29, 0.717) is 34.2 Å². The van der Waals surface area contributed by atoms with Crippen molar-refractivity contribution < 1.29 is 27.9 Å². The number of carboxylic acid groups (broad SMARTS) is 1. The Morgan fingerprint density at radius 3 is 2.43 bits per heavy atom. The lowest BCUT2D eigenvalue weighted by Crippen LogP contribution is -2.48. The molecule has 2 aromatic heterocycles. The van der Waals surface area contributed by atoms with Gasteiger partial charge in [0.1, 0.15) is 29.1 Å². The Kier molecular flexibility index (Phi) is 8.69. The van der Waals surface area contributed by atoms with Crippen molar-refractivity contribution in [3.8, 4) is 0 Å². The van der Waals surface area contributed by atoms with E-state index in [1.165, 1.54) is 24.4 Å². The first-order valence-corrected chi connectivity index (χ1v) is 15.3. The standard InChI is InChI=1S/C31H30N8O6S/c1-38-24-12-11-21(15-22(24)36-27(38)14-18-7-9-20(10-8-18)30(33)34)39(17-28(41)37-23(31(42)43)16-26(32)40)46(44,45)25-6-2-4-19-5-3-13-35-29(19)25/h2-13,15,23H,14,16-17H2,1H3,(H2,32,40)(H3,33,34)(H,37,41)(H,42,43). The van der Waals surface area contributed by atoms with Gasteiger partial charge in [-0.25, -0.2) is 18.2 Å². The zero-order chi connectivity index (χ0) is 33.2. The van der Waals surface area contributed by atoms with E-state index in [4.69, 9.17) is 21.9 Å². The summed E-state index contributed by atoms with van der Waals surface area (Å²) in [6, 6.07) is 18.2. The molecule has 15 heteroatoms. The van der Waals surface area contributed by atoms with Gasteiger partial charge in [0.2, 0.25) is 11.8 Å². The number of carbonyl (C=O) groups excluding carboxylic acids is 2. The number of nitrogens with two attached hydrogens (primary N) is 2. The van der Waals surface area contributed by atoms with Gasteiger partial charge in [-0.15, -0.1) is 0 Å². The number of hydrogen-bond donors (Lipinski definition) is 5. The first-order chi connectivity index (χ1) is 21.8. The number of benzene rings is 3. The number of aryl methyl sites for hydroxylation is 1. The van der Waals surface area contributed by atoms with Gasteiger partial charge in [0, 0.05) is 30.6 Å². The number of anilines is 1. The number of carboxylic acids is 1. The number of aliphatic carboxylic acids is 1. The highest BCUT2D eigenvalue weighted by molar-refractivity contribution is 7.93. The molecule has 0 aliphatic heterocycles. The Hall–Kier alpha value is -5.83. The molecule has 236 valence electrons. The molecule has 7 N–H and O–H groups in total. The van der Waals surface area contributed by atoms with Crippen molar-refractivity contribution in [1.82, 2.24) is 19.9 Å². The zero-order valence-corrected chi connectivity index (χ0v) is 25.4. The molecule has 0 aliphatic carbocycles. The smallest absolute Gasteiger partial charge is 0.326 e. The first kappa shape index (κ1) is 31.6. The lowest BCUT2D eigenvalue weighted by Gasteiger charge is -2.25. The summed E-state index contributed by atoms with van der Waals surface area (Å²) in [6.45, 7) is -0.818. The maximum Gasteiger partial charge on any atom is 0.326 e. The van der Waals surface area contributed by atoms with E-state index in [-0.39, 0.29) is 21.9 Å². The highest BCUT2D eigenvalue weighted by atomic mass is 32.2. The van der Waals surface area contributed by atoms with Crippen molar-refractivity contribution in [2.45, 2.75) is 23.8 Å². The minimum Gasteiger partial charge on any atom is -0.480 e. The average molecular weight is 643 g/mol. The van der Waals surface area contributed by atoms with Crippen LogP contribution < -0.4 is 21.1 Å². The topological polar surface area (TPSA) is 227 Å². The van der Waals surface area contributed by atoms with Gasteiger partial charge in [-0.2, -0.15) is 0 Å². The van der Waals surface area contributed by atoms with Gasteiger partial charge < -0.3 is 26.5 Å². The third kappa shape index (κ3) is 6.49. The van der Waals surface area contributed by atoms with Crippen molar-refractivity contribution in [1.29, 1.82) is 5.41 Å². The summed E-state index contributed by atoms with van der Waals surface area (Å²) in [5.41, 5.74) is 13.6. The molecule has 2 amide bonds. The molecule has 2 heterocycles. The van der Waals surface area contributed by atoms with Gasteiger partial charge >= 0.3 is 5.97 Å². The summed E-state index contributed by atoms with van der Waals surface area (Å²) in [5.74, 6) is -2.80. The van der Waals surface area contributed by atoms with E-state index in [2.05, 4.69) is 10.3 Å². The molecule has 0 spiro atoms. The molecule has 5 rings (SSSR count). The second-order valence-corrected chi connectivity index (χ2v) is 12.3. The van der Waals surface area contributed by atoms with Gasteiger partial charge in [0.15, 0.2) is 0 Å². The zero-order valence-electron chi connectivity index (χ0n) is 24.5. The third-order valence-electron chi connectivity index (χ3n) is 7.36. The number of para-hydroxylation sites is 1. The Morgan fingerprint density at radius 2 is 1.76 bits per heavy atom. The first-order valence-electron chi connectivity index (χ1n) is 13.9. The summed E-state index contributed by atoms with van der Waals surface area (Å²) in [7, 11) is -2.66. The van der Waals surface area contributed by atoms with Crippen LogP contribution in [0.25, 0.3) is 21.9 Å². The molecule has 46 heavy (non-hydrogen) atoms. The molecular weight excluding hydrogens is 612 g/mol. The van der Waals surface area contributed by atoms with Crippen molar-refractivity contribution in [2.24, 2.45) is 18.5 Å². The molecule has 1 unspecified atom stereocenters. The number of imidazole rings is 1. The van der Waals surface area contributed by atoms with Crippen LogP contribution >= 0.6 is 0 Å². The van der Waals surface area contributed by atoms with Crippen molar-refractivity contribution in [2.75, 3.05) is 10.8 Å². The number of rotatable bonds is 12. The van der Waals surface area contributed by atoms with Crippen LogP contribution in [0.15, 0.2) is 83.9 Å². The number of aromatic nitrogens is 3. The number of nitrogen functional groups attached to an aromatic ring is 1. The molecule has 3 aromatic carbocycles. The van der Waals surface area contributed by atoms with Gasteiger partial charge in [-0.05, 0) is 35.9 Å². The Bertz CT molecular complexity index is 2110. The van der Waals surface area contributed by atoms with E-state index in [9.17, 15) is 27.9 Å². The monoisotopic (exact) mass is 642 g/mol. The fraction of sp³-hybridized carbons (Fsp3) is 0.161. The van der Waals surface area contributed by atoms with Crippen molar-refractivity contribution >= 4 is 61.3 Å². The fourth-order valence-electron chi connectivity index (χ4n) is 5.03. The van der Waals surface area contributed by atoms with Crippen LogP contribution in [0, 0.1) is 5.41 Å². The summed E-state index contributed by atoms with van der Waals surface area (Å²) in [6.07, 6.45) is 1.21. The average Bonchev–Trinajstić information content (AvgIpc) is 3.32. The second-order valence-electron chi connectivity index (χ2n) is 10.5. The van der Waals surface area contributed by atoms with Crippen LogP contribution in [0.1, 0.15) is 23.4 Å². The number of amides is 2. The van der Waals surface area contributed by atoms with Crippen LogP contribution in [0.3, 0.4) is 0 Å². The van der Waals surface area contributed by atoms with Crippen LogP contribution in [0.4, 0.5) is 5.69 Å². The molecule has 0 bridgehead atoms. The molecule has 5 aromatic rings. The predicted molar refractivity (Wildman–Crippen MR) is 171 cm³/mol.